The number of carbonyl (C=O) groups excluding carboxylic acids is 1. The van der Waals surface area contributed by atoms with Crippen LogP contribution in [0.1, 0.15) is 31.7 Å². The number of para-hydroxylation sites is 1. The first-order valence-corrected chi connectivity index (χ1v) is 6.97. The first-order valence-electron chi connectivity index (χ1n) is 6.97. The first-order chi connectivity index (χ1) is 10.0. The Kier molecular flexibility index (Phi) is 7.42. The third-order valence-electron chi connectivity index (χ3n) is 3.01. The molecule has 0 aromatic heterocycles. The number of carboxylic acids is 1. The molecule has 0 fully saturated rings. The quantitative estimate of drug-likeness (QED) is 0.360. The number of rotatable bonds is 9. The van der Waals surface area contributed by atoms with E-state index in [2.05, 4.69) is 5.32 Å². The lowest BCUT2D eigenvalue weighted by atomic mass is 10.1. The van der Waals surface area contributed by atoms with E-state index in [0.29, 0.717) is 25.3 Å². The van der Waals surface area contributed by atoms with Crippen LogP contribution in [0, 0.1) is 0 Å². The predicted octanol–water partition coefficient (Wildman–Crippen LogP) is 1.28. The van der Waals surface area contributed by atoms with Gasteiger partial charge in [-0.3, -0.25) is 9.59 Å². The Morgan fingerprint density at radius 3 is 2.67 bits per heavy atom. The van der Waals surface area contributed by atoms with E-state index in [0.717, 1.165) is 18.4 Å². The zero-order chi connectivity index (χ0) is 15.7. The van der Waals surface area contributed by atoms with Gasteiger partial charge in [0.1, 0.15) is 11.8 Å². The monoisotopic (exact) mass is 294 g/mol. The van der Waals surface area contributed by atoms with Crippen LogP contribution in [0.25, 0.3) is 0 Å². The Bertz CT molecular complexity index is 476. The lowest BCUT2D eigenvalue weighted by Gasteiger charge is -2.15. The normalized spacial score (nSPS) is 11.9. The van der Waals surface area contributed by atoms with Crippen molar-refractivity contribution >= 4 is 11.9 Å². The Balaban J connectivity index is 2.62. The van der Waals surface area contributed by atoms with Crippen LogP contribution in [0.4, 0.5) is 0 Å². The van der Waals surface area contributed by atoms with E-state index in [1.807, 2.05) is 6.07 Å². The van der Waals surface area contributed by atoms with Crippen LogP contribution < -0.4 is 15.8 Å². The fourth-order valence-electron chi connectivity index (χ4n) is 1.94. The van der Waals surface area contributed by atoms with E-state index in [9.17, 15) is 14.7 Å². The van der Waals surface area contributed by atoms with E-state index in [1.165, 1.54) is 6.92 Å². The summed E-state index contributed by atoms with van der Waals surface area (Å²) in [5.74, 6) is -0.847. The van der Waals surface area contributed by atoms with Gasteiger partial charge in [0.15, 0.2) is 0 Å². The van der Waals surface area contributed by atoms with Crippen molar-refractivity contribution in [1.29, 1.82) is 0 Å². The SMILES string of the molecule is CC(=O)Oc1ccccc1CN[C@@H](CCCCN)C(=O)O. The van der Waals surface area contributed by atoms with Gasteiger partial charge >= 0.3 is 11.9 Å². The van der Waals surface area contributed by atoms with Crippen molar-refractivity contribution in [3.05, 3.63) is 29.8 Å². The molecular weight excluding hydrogens is 272 g/mol. The number of ether oxygens (including phenoxy) is 1. The van der Waals surface area contributed by atoms with Gasteiger partial charge in [0.2, 0.25) is 0 Å². The molecule has 1 atom stereocenters. The minimum Gasteiger partial charge on any atom is -0.480 e. The maximum atomic E-state index is 11.2. The molecule has 0 radical (unpaired) electrons. The third kappa shape index (κ3) is 6.37. The number of hydrogen-bond donors (Lipinski definition) is 3. The van der Waals surface area contributed by atoms with Crippen LogP contribution in [-0.4, -0.2) is 29.6 Å². The molecule has 0 unspecified atom stereocenters. The molecular formula is C15H22N2O4. The van der Waals surface area contributed by atoms with Gasteiger partial charge in [-0.05, 0) is 25.5 Å². The zero-order valence-electron chi connectivity index (χ0n) is 12.2. The van der Waals surface area contributed by atoms with Crippen LogP contribution in [0.2, 0.25) is 0 Å². The van der Waals surface area contributed by atoms with E-state index in [1.54, 1.807) is 18.2 Å². The Morgan fingerprint density at radius 1 is 1.33 bits per heavy atom. The maximum Gasteiger partial charge on any atom is 0.320 e. The summed E-state index contributed by atoms with van der Waals surface area (Å²) in [4.78, 5) is 22.2. The maximum absolute atomic E-state index is 11.2. The van der Waals surface area contributed by atoms with Crippen molar-refractivity contribution in [3.8, 4) is 5.75 Å². The van der Waals surface area contributed by atoms with Gasteiger partial charge in [-0.25, -0.2) is 0 Å². The van der Waals surface area contributed by atoms with E-state index in [4.69, 9.17) is 10.5 Å². The van der Waals surface area contributed by atoms with Gasteiger partial charge in [-0.15, -0.1) is 0 Å². The highest BCUT2D eigenvalue weighted by Crippen LogP contribution is 2.18. The van der Waals surface area contributed by atoms with Gasteiger partial charge in [-0.2, -0.15) is 0 Å². The molecule has 116 valence electrons. The van der Waals surface area contributed by atoms with Crippen LogP contribution in [0.5, 0.6) is 5.75 Å². The fraction of sp³-hybridized carbons (Fsp3) is 0.467. The first kappa shape index (κ1) is 17.1. The summed E-state index contributed by atoms with van der Waals surface area (Å²) >= 11 is 0. The van der Waals surface area contributed by atoms with Crippen LogP contribution >= 0.6 is 0 Å². The summed E-state index contributed by atoms with van der Waals surface area (Å²) in [7, 11) is 0. The molecule has 6 nitrogen and oxygen atoms in total. The smallest absolute Gasteiger partial charge is 0.320 e. The van der Waals surface area contributed by atoms with Crippen molar-refractivity contribution in [2.45, 2.75) is 38.8 Å². The highest BCUT2D eigenvalue weighted by atomic mass is 16.5. The standard InChI is InChI=1S/C15H22N2O4/c1-11(18)21-14-8-3-2-6-12(14)10-17-13(15(19)20)7-4-5-9-16/h2-3,6,8,13,17H,4-5,7,9-10,16H2,1H3,(H,19,20)/t13-/m0/s1. The summed E-state index contributed by atoms with van der Waals surface area (Å²) in [6, 6.07) is 6.42. The zero-order valence-corrected chi connectivity index (χ0v) is 12.2. The highest BCUT2D eigenvalue weighted by Gasteiger charge is 2.17. The number of hydrogen-bond acceptors (Lipinski definition) is 5. The minimum atomic E-state index is -0.892. The van der Waals surface area contributed by atoms with Gasteiger partial charge in [0, 0.05) is 19.0 Å². The summed E-state index contributed by atoms with van der Waals surface area (Å²) in [5, 5.41) is 12.2. The molecule has 21 heavy (non-hydrogen) atoms. The summed E-state index contributed by atoms with van der Waals surface area (Å²) in [5.41, 5.74) is 6.15. The van der Waals surface area contributed by atoms with E-state index < -0.39 is 18.0 Å². The molecule has 4 N–H and O–H groups in total. The van der Waals surface area contributed by atoms with Crippen molar-refractivity contribution in [2.24, 2.45) is 5.73 Å². The second kappa shape index (κ2) is 9.10. The summed E-state index contributed by atoms with van der Waals surface area (Å²) < 4.78 is 5.09. The molecule has 1 aromatic rings. The Morgan fingerprint density at radius 2 is 2.05 bits per heavy atom. The van der Waals surface area contributed by atoms with Gasteiger partial charge in [-0.1, -0.05) is 24.6 Å². The molecule has 0 spiro atoms. The lowest BCUT2D eigenvalue weighted by molar-refractivity contribution is -0.139. The topological polar surface area (TPSA) is 102 Å². The fourth-order valence-corrected chi connectivity index (χ4v) is 1.94. The number of carbonyl (C=O) groups is 2. The van der Waals surface area contributed by atoms with Crippen molar-refractivity contribution in [3.63, 3.8) is 0 Å². The number of benzene rings is 1. The molecule has 0 aliphatic rings. The molecule has 0 amide bonds. The molecule has 0 saturated heterocycles. The van der Waals surface area contributed by atoms with Crippen LogP contribution in [0.3, 0.4) is 0 Å². The second-order valence-electron chi connectivity index (χ2n) is 4.76. The van der Waals surface area contributed by atoms with Crippen LogP contribution in [-0.2, 0) is 16.1 Å². The molecule has 0 aliphatic heterocycles. The lowest BCUT2D eigenvalue weighted by Crippen LogP contribution is -2.36. The third-order valence-corrected chi connectivity index (χ3v) is 3.01. The molecule has 6 heteroatoms. The largest absolute Gasteiger partial charge is 0.480 e. The number of nitrogens with one attached hydrogen (secondary N) is 1. The molecule has 1 rings (SSSR count). The highest BCUT2D eigenvalue weighted by molar-refractivity contribution is 5.73. The molecule has 0 bridgehead atoms. The van der Waals surface area contributed by atoms with E-state index >= 15 is 0 Å². The Hall–Kier alpha value is -1.92. The summed E-state index contributed by atoms with van der Waals surface area (Å²) in [6.07, 6.45) is 2.07. The van der Waals surface area contributed by atoms with Crippen molar-refractivity contribution < 1.29 is 19.4 Å². The number of carboxylic acid groups (broad SMARTS) is 1. The summed E-state index contributed by atoms with van der Waals surface area (Å²) in [6.45, 7) is 2.21. The molecule has 0 saturated carbocycles. The average molecular weight is 294 g/mol. The van der Waals surface area contributed by atoms with Gasteiger partial charge in [0.25, 0.3) is 0 Å². The van der Waals surface area contributed by atoms with Crippen LogP contribution in [0.15, 0.2) is 24.3 Å². The molecule has 0 heterocycles. The number of aliphatic carboxylic acids is 1. The predicted molar refractivity (Wildman–Crippen MR) is 78.9 cm³/mol. The number of nitrogens with two attached hydrogens (primary N) is 1. The average Bonchev–Trinajstić information content (AvgIpc) is 2.43. The minimum absolute atomic E-state index is 0.322. The van der Waals surface area contributed by atoms with Crippen molar-refractivity contribution in [2.75, 3.05) is 6.54 Å². The number of unbranched alkanes of at least 4 members (excludes halogenated alkanes) is 1. The van der Waals surface area contributed by atoms with Crippen molar-refractivity contribution in [1.82, 2.24) is 5.32 Å². The Labute approximate surface area is 124 Å². The van der Waals surface area contributed by atoms with Gasteiger partial charge < -0.3 is 20.9 Å². The number of esters is 1. The molecule has 0 aliphatic carbocycles. The van der Waals surface area contributed by atoms with Gasteiger partial charge in [0.05, 0.1) is 0 Å². The second-order valence-corrected chi connectivity index (χ2v) is 4.76. The molecule has 1 aromatic carbocycles. The van der Waals surface area contributed by atoms with E-state index in [-0.39, 0.29) is 0 Å².